The largest absolute Gasteiger partial charge is 3.00 e. The number of rotatable bonds is 0. The van der Waals surface area contributed by atoms with Gasteiger partial charge in [-0.1, -0.05) is 35.4 Å². The van der Waals surface area contributed by atoms with Crippen molar-refractivity contribution < 1.29 is 21.7 Å². The van der Waals surface area contributed by atoms with Crippen LogP contribution in [0.25, 0.3) is 11.1 Å². The molecule has 0 fully saturated rings. The van der Waals surface area contributed by atoms with E-state index in [1.807, 2.05) is 38.5 Å². The molecule has 2 aromatic rings. The van der Waals surface area contributed by atoms with Crippen LogP contribution in [-0.4, -0.2) is 0 Å². The summed E-state index contributed by atoms with van der Waals surface area (Å²) in [6.45, 7) is 4.00. The average molecular weight is 321 g/mol. The first-order chi connectivity index (χ1) is 10.4. The van der Waals surface area contributed by atoms with Gasteiger partial charge in [0, 0.05) is 0 Å². The van der Waals surface area contributed by atoms with Gasteiger partial charge in [-0.05, 0) is 6.42 Å². The van der Waals surface area contributed by atoms with Crippen LogP contribution in [0.2, 0.25) is 0 Å². The maximum atomic E-state index is 3.30. The van der Waals surface area contributed by atoms with Crippen LogP contribution in [0.5, 0.6) is 0 Å². The Bertz CT molecular complexity index is 570. The van der Waals surface area contributed by atoms with E-state index in [9.17, 15) is 0 Å². The van der Waals surface area contributed by atoms with E-state index in [-0.39, 0.29) is 21.7 Å². The normalized spacial score (nSPS) is 12.1. The van der Waals surface area contributed by atoms with Crippen LogP contribution >= 0.6 is 0 Å². The van der Waals surface area contributed by atoms with Gasteiger partial charge in [-0.2, -0.15) is 49.8 Å². The molecule has 2 aromatic carbocycles. The molecule has 0 aliphatic heterocycles. The Morgan fingerprint density at radius 2 is 1.73 bits per heavy atom. The van der Waals surface area contributed by atoms with Gasteiger partial charge in [0.25, 0.3) is 0 Å². The van der Waals surface area contributed by atoms with E-state index >= 15 is 0 Å². The Morgan fingerprint density at radius 1 is 1.00 bits per heavy atom. The Kier molecular flexibility index (Phi) is 8.81. The van der Waals surface area contributed by atoms with Gasteiger partial charge in [0.1, 0.15) is 0 Å². The predicted molar refractivity (Wildman–Crippen MR) is 90.7 cm³/mol. The second kappa shape index (κ2) is 10.4. The maximum absolute atomic E-state index is 3.30. The molecule has 2 aliphatic carbocycles. The molecule has 0 heterocycles. The fourth-order valence-electron chi connectivity index (χ4n) is 2.34. The van der Waals surface area contributed by atoms with Crippen LogP contribution < -0.4 is 0 Å². The summed E-state index contributed by atoms with van der Waals surface area (Å²) >= 11 is 0. The van der Waals surface area contributed by atoms with E-state index in [0.29, 0.717) is 0 Å². The van der Waals surface area contributed by atoms with Crippen molar-refractivity contribution >= 4 is 0 Å². The smallest absolute Gasteiger partial charge is 0.335 e. The number of hydrogen-bond acceptors (Lipinski definition) is 0. The third-order valence-corrected chi connectivity index (χ3v) is 3.20. The van der Waals surface area contributed by atoms with Crippen molar-refractivity contribution in [3.8, 4) is 11.1 Å². The van der Waals surface area contributed by atoms with E-state index in [1.54, 1.807) is 0 Å². The van der Waals surface area contributed by atoms with Gasteiger partial charge in [0.05, 0.1) is 0 Å². The number of hydrogen-bond donors (Lipinski definition) is 0. The summed E-state index contributed by atoms with van der Waals surface area (Å²) in [6.07, 6.45) is 13.0. The van der Waals surface area contributed by atoms with E-state index in [2.05, 4.69) is 54.6 Å². The molecule has 0 nitrogen and oxygen atoms in total. The van der Waals surface area contributed by atoms with Crippen molar-refractivity contribution in [1.29, 1.82) is 0 Å². The van der Waals surface area contributed by atoms with Crippen molar-refractivity contribution in [3.05, 3.63) is 90.4 Å². The molecule has 0 saturated heterocycles. The van der Waals surface area contributed by atoms with Crippen molar-refractivity contribution in [2.45, 2.75) is 26.7 Å². The van der Waals surface area contributed by atoms with Gasteiger partial charge in [0.15, 0.2) is 0 Å². The first-order valence-electron chi connectivity index (χ1n) is 7.40. The molecule has 0 saturated carbocycles. The number of allylic oxidation sites excluding steroid dienone is 4. The fraction of sp³-hybridized carbons (Fsp3) is 0.190. The van der Waals surface area contributed by atoms with E-state index in [4.69, 9.17) is 0 Å². The Morgan fingerprint density at radius 3 is 2.36 bits per heavy atom. The molecule has 1 radical (unpaired) electrons. The molecule has 109 valence electrons. The van der Waals surface area contributed by atoms with Crippen LogP contribution in [-0.2, 0) is 28.1 Å². The first-order valence-corrected chi connectivity index (χ1v) is 7.40. The third-order valence-electron chi connectivity index (χ3n) is 3.20. The molecule has 4 rings (SSSR count). The minimum atomic E-state index is 0. The molecule has 0 atom stereocenters. The Balaban J connectivity index is 0.000000227. The molecule has 22 heavy (non-hydrogen) atoms. The van der Waals surface area contributed by atoms with E-state index in [1.165, 1.54) is 22.3 Å². The molecule has 2 aliphatic rings. The van der Waals surface area contributed by atoms with Gasteiger partial charge < -0.3 is 6.42 Å². The molecule has 0 amide bonds. The summed E-state index contributed by atoms with van der Waals surface area (Å²) in [5, 5.41) is 0. The monoisotopic (exact) mass is 321 g/mol. The standard InChI is InChI=1S/C13H9.C5H5.C3H7.Ti/c1-3-7-12-10(5-1)9-11-6-2-4-8-13(11)12;1-2-4-5-3-1;1-3-2;/h1-5,7-8H,9H2;1-3H,4H2;3H,1-2H3;/q3*-1;+3. The fourth-order valence-corrected chi connectivity index (χ4v) is 2.34. The Hall–Kier alpha value is -1.37. The number of benzene rings is 2. The molecule has 0 aromatic heterocycles. The van der Waals surface area contributed by atoms with Crippen LogP contribution in [0.4, 0.5) is 0 Å². The minimum absolute atomic E-state index is 0. The summed E-state index contributed by atoms with van der Waals surface area (Å²) in [4.78, 5) is 0. The SMILES string of the molecule is C[CH-]C.[C-]1=CC=CC1.[Ti+3].[c-]1cccc2c1Cc1ccccc1-2. The molecular weight excluding hydrogens is 300 g/mol. The summed E-state index contributed by atoms with van der Waals surface area (Å²) in [5.74, 6) is 0. The number of fused-ring (bicyclic) bond motifs is 3. The zero-order chi connectivity index (χ0) is 14.9. The summed E-state index contributed by atoms with van der Waals surface area (Å²) in [5.41, 5.74) is 5.51. The van der Waals surface area contributed by atoms with Gasteiger partial charge in [0.2, 0.25) is 0 Å². The minimum Gasteiger partial charge on any atom is -0.335 e. The first kappa shape index (κ1) is 18.7. The van der Waals surface area contributed by atoms with Gasteiger partial charge >= 0.3 is 21.7 Å². The van der Waals surface area contributed by atoms with Gasteiger partial charge in [-0.3, -0.25) is 6.08 Å². The van der Waals surface area contributed by atoms with Crippen LogP contribution in [0.3, 0.4) is 0 Å². The second-order valence-corrected chi connectivity index (χ2v) is 4.98. The molecule has 0 bridgehead atoms. The zero-order valence-corrected chi connectivity index (χ0v) is 14.8. The van der Waals surface area contributed by atoms with Crippen LogP contribution in [0, 0.1) is 18.6 Å². The summed E-state index contributed by atoms with van der Waals surface area (Å²) < 4.78 is 0. The van der Waals surface area contributed by atoms with Gasteiger partial charge in [-0.25, -0.2) is 12.2 Å². The van der Waals surface area contributed by atoms with Crippen LogP contribution in [0.1, 0.15) is 31.4 Å². The topological polar surface area (TPSA) is 0 Å². The third kappa shape index (κ3) is 5.12. The zero-order valence-electron chi connectivity index (χ0n) is 13.3. The average Bonchev–Trinajstić information content (AvgIpc) is 3.19. The maximum Gasteiger partial charge on any atom is 3.00 e. The molecule has 0 N–H and O–H groups in total. The quantitative estimate of drug-likeness (QED) is 0.374. The van der Waals surface area contributed by atoms with Crippen molar-refractivity contribution in [1.82, 2.24) is 0 Å². The predicted octanol–water partition coefficient (Wildman–Crippen LogP) is 5.59. The van der Waals surface area contributed by atoms with Gasteiger partial charge in [-0.15, -0.1) is 12.0 Å². The van der Waals surface area contributed by atoms with Crippen LogP contribution in [0.15, 0.2) is 60.7 Å². The van der Waals surface area contributed by atoms with E-state index in [0.717, 1.165) is 12.8 Å². The molecule has 1 heteroatoms. The molecule has 0 spiro atoms. The second-order valence-electron chi connectivity index (χ2n) is 4.98. The summed E-state index contributed by atoms with van der Waals surface area (Å²) in [7, 11) is 0. The van der Waals surface area contributed by atoms with E-state index < -0.39 is 0 Å². The van der Waals surface area contributed by atoms with Crippen molar-refractivity contribution in [2.75, 3.05) is 0 Å². The van der Waals surface area contributed by atoms with Crippen molar-refractivity contribution in [2.24, 2.45) is 0 Å². The summed E-state index contributed by atoms with van der Waals surface area (Å²) in [6, 6.07) is 18.1. The van der Waals surface area contributed by atoms with Crippen molar-refractivity contribution in [3.63, 3.8) is 0 Å². The molecule has 0 unspecified atom stereocenters. The molecular formula is C21H21Ti. The Labute approximate surface area is 149 Å².